The Hall–Kier alpha value is -2.01. The van der Waals surface area contributed by atoms with E-state index in [2.05, 4.69) is 0 Å². The molecule has 0 aliphatic rings. The highest BCUT2D eigenvalue weighted by molar-refractivity contribution is 7.91. The fourth-order valence-corrected chi connectivity index (χ4v) is 3.26. The largest absolute Gasteiger partial charge is 0.490 e. The van der Waals surface area contributed by atoms with Crippen LogP contribution in [0.4, 0.5) is 5.69 Å². The zero-order valence-electron chi connectivity index (χ0n) is 11.2. The van der Waals surface area contributed by atoms with Crippen molar-refractivity contribution in [2.45, 2.75) is 11.8 Å². The normalized spacial score (nSPS) is 11.2. The molecule has 2 aromatic carbocycles. The molecule has 0 spiro atoms. The molecular formula is C15H17NO3S. The van der Waals surface area contributed by atoms with Gasteiger partial charge in [-0.2, -0.15) is 0 Å². The van der Waals surface area contributed by atoms with Gasteiger partial charge in [-0.05, 0) is 30.7 Å². The molecule has 0 bridgehead atoms. The predicted octanol–water partition coefficient (Wildman–Crippen LogP) is 2.43. The Morgan fingerprint density at radius 3 is 2.40 bits per heavy atom. The Morgan fingerprint density at radius 1 is 1.05 bits per heavy atom. The molecule has 0 aliphatic heterocycles. The van der Waals surface area contributed by atoms with Gasteiger partial charge >= 0.3 is 0 Å². The van der Waals surface area contributed by atoms with Crippen molar-refractivity contribution in [3.8, 4) is 5.75 Å². The number of para-hydroxylation sites is 2. The van der Waals surface area contributed by atoms with E-state index in [0.717, 1.165) is 5.56 Å². The van der Waals surface area contributed by atoms with Crippen LogP contribution in [-0.2, 0) is 9.84 Å². The van der Waals surface area contributed by atoms with Crippen LogP contribution in [0.5, 0.6) is 5.75 Å². The maximum atomic E-state index is 12.2. The van der Waals surface area contributed by atoms with E-state index in [0.29, 0.717) is 16.3 Å². The van der Waals surface area contributed by atoms with Crippen LogP contribution in [0.2, 0.25) is 0 Å². The van der Waals surface area contributed by atoms with Crippen molar-refractivity contribution in [1.82, 2.24) is 0 Å². The van der Waals surface area contributed by atoms with Crippen LogP contribution in [-0.4, -0.2) is 20.8 Å². The van der Waals surface area contributed by atoms with E-state index in [1.54, 1.807) is 49.4 Å². The van der Waals surface area contributed by atoms with Gasteiger partial charge in [-0.25, -0.2) is 8.42 Å². The van der Waals surface area contributed by atoms with Gasteiger partial charge in [0.05, 0.1) is 16.3 Å². The molecule has 0 saturated heterocycles. The number of rotatable bonds is 5. The number of hydrogen-bond acceptors (Lipinski definition) is 4. The summed E-state index contributed by atoms with van der Waals surface area (Å²) in [6, 6.07) is 13.9. The molecule has 20 heavy (non-hydrogen) atoms. The van der Waals surface area contributed by atoms with Crippen molar-refractivity contribution in [3.63, 3.8) is 0 Å². The van der Waals surface area contributed by atoms with Gasteiger partial charge in [0.1, 0.15) is 12.4 Å². The average molecular weight is 291 g/mol. The third-order valence-corrected chi connectivity index (χ3v) is 4.79. The molecule has 0 atom stereocenters. The Labute approximate surface area is 119 Å². The summed E-state index contributed by atoms with van der Waals surface area (Å²) in [5.74, 6) is 0.430. The zero-order chi connectivity index (χ0) is 14.6. The highest BCUT2D eigenvalue weighted by Crippen LogP contribution is 2.20. The van der Waals surface area contributed by atoms with Crippen molar-refractivity contribution >= 4 is 15.5 Å². The number of benzene rings is 2. The van der Waals surface area contributed by atoms with Crippen LogP contribution in [0, 0.1) is 6.92 Å². The molecule has 0 amide bonds. The van der Waals surface area contributed by atoms with Crippen LogP contribution in [0.3, 0.4) is 0 Å². The molecule has 2 rings (SSSR count). The summed E-state index contributed by atoms with van der Waals surface area (Å²) in [6.07, 6.45) is 0. The van der Waals surface area contributed by atoms with Gasteiger partial charge in [-0.3, -0.25) is 0 Å². The first kappa shape index (κ1) is 14.4. The van der Waals surface area contributed by atoms with E-state index >= 15 is 0 Å². The fraction of sp³-hybridized carbons (Fsp3) is 0.200. The number of anilines is 1. The quantitative estimate of drug-likeness (QED) is 0.859. The molecule has 106 valence electrons. The van der Waals surface area contributed by atoms with Crippen LogP contribution in [0.15, 0.2) is 53.4 Å². The molecule has 0 fully saturated rings. The molecule has 0 heterocycles. The van der Waals surface area contributed by atoms with Crippen molar-refractivity contribution in [3.05, 3.63) is 54.1 Å². The van der Waals surface area contributed by atoms with Crippen LogP contribution in [0.1, 0.15) is 5.56 Å². The van der Waals surface area contributed by atoms with E-state index in [1.807, 2.05) is 6.07 Å². The maximum Gasteiger partial charge on any atom is 0.181 e. The molecule has 0 unspecified atom stereocenters. The summed E-state index contributed by atoms with van der Waals surface area (Å²) >= 11 is 0. The van der Waals surface area contributed by atoms with E-state index in [1.165, 1.54) is 0 Å². The van der Waals surface area contributed by atoms with Crippen LogP contribution < -0.4 is 10.5 Å². The predicted molar refractivity (Wildman–Crippen MR) is 79.6 cm³/mol. The van der Waals surface area contributed by atoms with Gasteiger partial charge in [0.25, 0.3) is 0 Å². The monoisotopic (exact) mass is 291 g/mol. The number of aryl methyl sites for hydroxylation is 1. The maximum absolute atomic E-state index is 12.2. The minimum Gasteiger partial charge on any atom is -0.490 e. The second-order valence-corrected chi connectivity index (χ2v) is 6.55. The average Bonchev–Trinajstić information content (AvgIpc) is 2.41. The third-order valence-electron chi connectivity index (χ3n) is 2.96. The Morgan fingerprint density at radius 2 is 1.70 bits per heavy atom. The number of hydrogen-bond donors (Lipinski definition) is 1. The first-order chi connectivity index (χ1) is 9.50. The Bertz CT molecular complexity index is 696. The molecule has 5 heteroatoms. The second-order valence-electron chi connectivity index (χ2n) is 4.47. The second kappa shape index (κ2) is 5.96. The van der Waals surface area contributed by atoms with Crippen LogP contribution in [0.25, 0.3) is 0 Å². The molecular weight excluding hydrogens is 274 g/mol. The number of sulfone groups is 1. The van der Waals surface area contributed by atoms with Crippen molar-refractivity contribution in [1.29, 1.82) is 0 Å². The Balaban J connectivity index is 2.04. The van der Waals surface area contributed by atoms with E-state index in [9.17, 15) is 8.42 Å². The highest BCUT2D eigenvalue weighted by Gasteiger charge is 2.16. The minimum absolute atomic E-state index is 0.0743. The fourth-order valence-electron chi connectivity index (χ4n) is 1.89. The zero-order valence-corrected chi connectivity index (χ0v) is 12.1. The van der Waals surface area contributed by atoms with Gasteiger partial charge in [0.2, 0.25) is 0 Å². The Kier molecular flexibility index (Phi) is 4.29. The van der Waals surface area contributed by atoms with Gasteiger partial charge in [-0.15, -0.1) is 0 Å². The van der Waals surface area contributed by atoms with E-state index in [-0.39, 0.29) is 12.4 Å². The summed E-state index contributed by atoms with van der Waals surface area (Å²) in [5.41, 5.74) is 6.97. The molecule has 2 aromatic rings. The molecule has 0 aliphatic carbocycles. The standard InChI is InChI=1S/C15H17NO3S/c1-12-6-2-5-9-15(12)20(17,18)11-10-19-14-8-4-3-7-13(14)16/h2-9H,10-11,16H2,1H3. The topological polar surface area (TPSA) is 69.4 Å². The summed E-state index contributed by atoms with van der Waals surface area (Å²) in [4.78, 5) is 0.352. The van der Waals surface area contributed by atoms with Crippen molar-refractivity contribution in [2.75, 3.05) is 18.1 Å². The van der Waals surface area contributed by atoms with Crippen molar-refractivity contribution in [2.24, 2.45) is 0 Å². The molecule has 2 N–H and O–H groups in total. The van der Waals surface area contributed by atoms with Gasteiger partial charge < -0.3 is 10.5 Å². The number of nitrogen functional groups attached to an aromatic ring is 1. The molecule has 4 nitrogen and oxygen atoms in total. The molecule has 0 radical (unpaired) electrons. The van der Waals surface area contributed by atoms with Gasteiger partial charge in [0, 0.05) is 0 Å². The number of ether oxygens (including phenoxy) is 1. The van der Waals surface area contributed by atoms with Crippen molar-refractivity contribution < 1.29 is 13.2 Å². The lowest BCUT2D eigenvalue weighted by Gasteiger charge is -2.10. The van der Waals surface area contributed by atoms with E-state index in [4.69, 9.17) is 10.5 Å². The highest BCUT2D eigenvalue weighted by atomic mass is 32.2. The summed E-state index contributed by atoms with van der Waals surface area (Å²) in [5, 5.41) is 0. The first-order valence-corrected chi connectivity index (χ1v) is 7.91. The lowest BCUT2D eigenvalue weighted by molar-refractivity contribution is 0.342. The van der Waals surface area contributed by atoms with Gasteiger partial charge in [0.15, 0.2) is 9.84 Å². The summed E-state index contributed by atoms with van der Waals surface area (Å²) < 4.78 is 29.9. The van der Waals surface area contributed by atoms with E-state index < -0.39 is 9.84 Å². The minimum atomic E-state index is -3.34. The third kappa shape index (κ3) is 3.30. The SMILES string of the molecule is Cc1ccccc1S(=O)(=O)CCOc1ccccc1N. The first-order valence-electron chi connectivity index (χ1n) is 6.26. The van der Waals surface area contributed by atoms with Gasteiger partial charge in [-0.1, -0.05) is 30.3 Å². The summed E-state index contributed by atoms with van der Waals surface area (Å²) in [6.45, 7) is 1.85. The summed E-state index contributed by atoms with van der Waals surface area (Å²) in [7, 11) is -3.34. The molecule has 0 aromatic heterocycles. The van der Waals surface area contributed by atoms with Crippen LogP contribution >= 0.6 is 0 Å². The number of nitrogens with two attached hydrogens (primary N) is 1. The molecule has 0 saturated carbocycles. The lowest BCUT2D eigenvalue weighted by atomic mass is 10.2. The lowest BCUT2D eigenvalue weighted by Crippen LogP contribution is -2.15. The smallest absolute Gasteiger partial charge is 0.181 e.